The Morgan fingerprint density at radius 2 is 1.28 bits per heavy atom. The fourth-order valence-corrected chi connectivity index (χ4v) is 6.03. The van der Waals surface area contributed by atoms with Crippen LogP contribution >= 0.6 is 0 Å². The van der Waals surface area contributed by atoms with Crippen LogP contribution in [0.5, 0.6) is 5.75 Å². The molecular formula is C41H26FN2O2Pt-. The molecule has 47 heavy (non-hydrogen) atoms. The first-order valence-electron chi connectivity index (χ1n) is 15.0. The summed E-state index contributed by atoms with van der Waals surface area (Å²) < 4.78 is 20.2. The van der Waals surface area contributed by atoms with E-state index in [1.54, 1.807) is 6.07 Å². The number of para-hydroxylation sites is 2. The second kappa shape index (κ2) is 12.4. The van der Waals surface area contributed by atoms with Gasteiger partial charge in [-0.1, -0.05) is 90.0 Å². The quantitative estimate of drug-likeness (QED) is 0.176. The van der Waals surface area contributed by atoms with E-state index in [0.717, 1.165) is 72.8 Å². The monoisotopic (exact) mass is 792 g/mol. The molecule has 0 aliphatic heterocycles. The summed E-state index contributed by atoms with van der Waals surface area (Å²) in [7, 11) is 0. The van der Waals surface area contributed by atoms with Crippen LogP contribution in [0.3, 0.4) is 0 Å². The predicted molar refractivity (Wildman–Crippen MR) is 182 cm³/mol. The summed E-state index contributed by atoms with van der Waals surface area (Å²) in [6, 6.07) is 45.8. The van der Waals surface area contributed by atoms with Crippen molar-refractivity contribution in [2.45, 2.75) is 6.92 Å². The number of furan rings is 1. The van der Waals surface area contributed by atoms with Crippen LogP contribution in [0.15, 0.2) is 138 Å². The molecule has 3 aromatic heterocycles. The van der Waals surface area contributed by atoms with Crippen LogP contribution in [0.4, 0.5) is 4.39 Å². The predicted octanol–water partition coefficient (Wildman–Crippen LogP) is 10.7. The number of hydrogen-bond acceptors (Lipinski definition) is 4. The SMILES string of the molecule is Cc1cc(-c2cccc3c2oc2ccccc23)cc(-c2[c-]c(-c3cc(-c4ccccc4)cc(-c4ccc(F)cc4O)n3)ccc2)n1.[Pt]. The minimum absolute atomic E-state index is 0. The van der Waals surface area contributed by atoms with Gasteiger partial charge >= 0.3 is 0 Å². The van der Waals surface area contributed by atoms with Crippen molar-refractivity contribution in [3.63, 3.8) is 0 Å². The van der Waals surface area contributed by atoms with E-state index in [2.05, 4.69) is 42.5 Å². The molecule has 230 valence electrons. The van der Waals surface area contributed by atoms with Gasteiger partial charge in [0.25, 0.3) is 0 Å². The molecular weight excluding hydrogens is 767 g/mol. The zero-order valence-corrected chi connectivity index (χ0v) is 27.4. The molecule has 0 amide bonds. The number of fused-ring (bicyclic) bond motifs is 3. The number of halogens is 1. The third kappa shape index (κ3) is 5.75. The molecule has 1 N–H and O–H groups in total. The van der Waals surface area contributed by atoms with Crippen LogP contribution in [-0.4, -0.2) is 15.1 Å². The van der Waals surface area contributed by atoms with Gasteiger partial charge in [-0.15, -0.1) is 24.3 Å². The van der Waals surface area contributed by atoms with Crippen molar-refractivity contribution >= 4 is 21.9 Å². The number of rotatable bonds is 5. The second-order valence-corrected chi connectivity index (χ2v) is 11.3. The molecule has 0 fully saturated rings. The number of hydrogen-bond donors (Lipinski definition) is 1. The van der Waals surface area contributed by atoms with Crippen molar-refractivity contribution in [2.75, 3.05) is 0 Å². The van der Waals surface area contributed by atoms with Crippen molar-refractivity contribution in [3.05, 3.63) is 151 Å². The number of benzene rings is 5. The Bertz CT molecular complexity index is 2420. The average molecular weight is 793 g/mol. The van der Waals surface area contributed by atoms with E-state index < -0.39 is 5.82 Å². The Kier molecular flexibility index (Phi) is 8.01. The third-order valence-electron chi connectivity index (χ3n) is 8.18. The Hall–Kier alpha value is -5.38. The van der Waals surface area contributed by atoms with Crippen LogP contribution in [0.25, 0.3) is 78.0 Å². The molecule has 8 rings (SSSR count). The van der Waals surface area contributed by atoms with Gasteiger partial charge in [0.1, 0.15) is 22.7 Å². The summed E-state index contributed by atoms with van der Waals surface area (Å²) in [5, 5.41) is 12.8. The number of aromatic hydroxyl groups is 1. The fourth-order valence-electron chi connectivity index (χ4n) is 6.03. The van der Waals surface area contributed by atoms with E-state index in [1.807, 2.05) is 85.8 Å². The van der Waals surface area contributed by atoms with Gasteiger partial charge in [-0.2, -0.15) is 0 Å². The maximum Gasteiger partial charge on any atom is 0.143 e. The number of phenolic OH excluding ortho intramolecular Hbond substituents is 1. The molecule has 0 saturated carbocycles. The zero-order chi connectivity index (χ0) is 31.2. The third-order valence-corrected chi connectivity index (χ3v) is 8.18. The van der Waals surface area contributed by atoms with Gasteiger partial charge in [-0.3, -0.25) is 9.97 Å². The Labute approximate surface area is 285 Å². The number of phenols is 1. The first kappa shape index (κ1) is 30.3. The van der Waals surface area contributed by atoms with Crippen molar-refractivity contribution in [3.8, 4) is 61.8 Å². The normalized spacial score (nSPS) is 11.1. The van der Waals surface area contributed by atoms with Gasteiger partial charge in [-0.25, -0.2) is 4.39 Å². The molecule has 0 atom stereocenters. The van der Waals surface area contributed by atoms with Crippen LogP contribution < -0.4 is 0 Å². The summed E-state index contributed by atoms with van der Waals surface area (Å²) in [5.74, 6) is -0.680. The van der Waals surface area contributed by atoms with Gasteiger partial charge < -0.3 is 9.52 Å². The maximum atomic E-state index is 13.9. The van der Waals surface area contributed by atoms with Crippen LogP contribution in [-0.2, 0) is 21.1 Å². The van der Waals surface area contributed by atoms with Gasteiger partial charge in [0.2, 0.25) is 0 Å². The standard InChI is InChI=1S/C41H26FN2O2.Pt/c1-25-19-30(32-14-8-15-34-33-13-5-6-16-40(33)46-41(32)34)23-36(43-25)27-11-7-12-28(20-27)37-21-29(26-9-3-2-4-10-26)22-38(44-37)35-18-17-31(42)24-39(35)45;/h2-19,21-24,45H,1H3;/q-1;. The Balaban J connectivity index is 0.00000351. The van der Waals surface area contributed by atoms with Crippen molar-refractivity contribution in [1.29, 1.82) is 0 Å². The summed E-state index contributed by atoms with van der Waals surface area (Å²) in [4.78, 5) is 9.80. The number of pyridine rings is 2. The zero-order valence-electron chi connectivity index (χ0n) is 25.1. The van der Waals surface area contributed by atoms with Crippen molar-refractivity contribution < 1.29 is 35.0 Å². The van der Waals surface area contributed by atoms with E-state index in [-0.39, 0.29) is 26.8 Å². The molecule has 0 saturated heterocycles. The maximum absolute atomic E-state index is 13.9. The van der Waals surface area contributed by atoms with Crippen LogP contribution in [0, 0.1) is 18.8 Å². The van der Waals surface area contributed by atoms with E-state index in [0.29, 0.717) is 17.0 Å². The van der Waals surface area contributed by atoms with Crippen molar-refractivity contribution in [2.24, 2.45) is 0 Å². The molecule has 0 aliphatic carbocycles. The summed E-state index contributed by atoms with van der Waals surface area (Å²) in [5.41, 5.74) is 10.5. The molecule has 0 aliphatic rings. The summed E-state index contributed by atoms with van der Waals surface area (Å²) in [6.07, 6.45) is 0. The van der Waals surface area contributed by atoms with E-state index in [4.69, 9.17) is 14.4 Å². The molecule has 8 aromatic rings. The topological polar surface area (TPSA) is 59.2 Å². The molecule has 0 spiro atoms. The van der Waals surface area contributed by atoms with E-state index in [9.17, 15) is 9.50 Å². The van der Waals surface area contributed by atoms with E-state index >= 15 is 0 Å². The molecule has 0 unspecified atom stereocenters. The average Bonchev–Trinajstić information content (AvgIpc) is 3.47. The number of nitrogens with zero attached hydrogens (tertiary/aromatic N) is 2. The van der Waals surface area contributed by atoms with Crippen molar-refractivity contribution in [1.82, 2.24) is 9.97 Å². The molecule has 5 aromatic carbocycles. The Morgan fingerprint density at radius 3 is 2.09 bits per heavy atom. The fraction of sp³-hybridized carbons (Fsp3) is 0.0244. The first-order chi connectivity index (χ1) is 22.5. The number of aromatic nitrogens is 2. The van der Waals surface area contributed by atoms with E-state index in [1.165, 1.54) is 6.07 Å². The Morgan fingerprint density at radius 1 is 0.596 bits per heavy atom. The first-order valence-corrected chi connectivity index (χ1v) is 15.0. The largest absolute Gasteiger partial charge is 0.507 e. The summed E-state index contributed by atoms with van der Waals surface area (Å²) >= 11 is 0. The smallest absolute Gasteiger partial charge is 0.143 e. The minimum atomic E-state index is -0.511. The molecule has 3 heterocycles. The van der Waals surface area contributed by atoms with Gasteiger partial charge in [0.05, 0.1) is 5.69 Å². The number of aryl methyl sites for hydroxylation is 1. The molecule has 0 bridgehead atoms. The minimum Gasteiger partial charge on any atom is -0.507 e. The van der Waals surface area contributed by atoms with Crippen LogP contribution in [0.1, 0.15) is 5.69 Å². The summed E-state index contributed by atoms with van der Waals surface area (Å²) in [6.45, 7) is 1.99. The van der Waals surface area contributed by atoms with Gasteiger partial charge in [0, 0.05) is 66.1 Å². The molecule has 6 heteroatoms. The molecule has 4 nitrogen and oxygen atoms in total. The molecule has 0 radical (unpaired) electrons. The van der Waals surface area contributed by atoms with Gasteiger partial charge in [-0.05, 0) is 53.9 Å². The second-order valence-electron chi connectivity index (χ2n) is 11.3. The van der Waals surface area contributed by atoms with Crippen LogP contribution in [0.2, 0.25) is 0 Å². The van der Waals surface area contributed by atoms with Gasteiger partial charge in [0.15, 0.2) is 0 Å².